The number of ether oxygens (including phenoxy) is 1. The van der Waals surface area contributed by atoms with Crippen molar-refractivity contribution in [3.8, 4) is 17.0 Å². The summed E-state index contributed by atoms with van der Waals surface area (Å²) in [6.07, 6.45) is 4.08. The van der Waals surface area contributed by atoms with Crippen molar-refractivity contribution < 1.29 is 13.9 Å². The number of carbonyl (C=O) groups is 1. The van der Waals surface area contributed by atoms with Crippen molar-refractivity contribution in [1.82, 2.24) is 24.9 Å². The number of fused-ring (bicyclic) bond motifs is 2. The second-order valence-electron chi connectivity index (χ2n) is 7.75. The Kier molecular flexibility index (Phi) is 4.93. The third-order valence-corrected chi connectivity index (χ3v) is 5.37. The fourth-order valence-electron chi connectivity index (χ4n) is 3.72. The molecule has 0 saturated carbocycles. The summed E-state index contributed by atoms with van der Waals surface area (Å²) in [4.78, 5) is 21.6. The highest BCUT2D eigenvalue weighted by atomic mass is 19.1. The molecule has 0 radical (unpaired) electrons. The van der Waals surface area contributed by atoms with Gasteiger partial charge in [0.1, 0.15) is 23.3 Å². The fraction of sp³-hybridized carbons (Fsp3) is 0.217. The Labute approximate surface area is 183 Å². The first-order chi connectivity index (χ1) is 15.5. The average molecular weight is 432 g/mol. The van der Waals surface area contributed by atoms with Crippen molar-refractivity contribution in [3.05, 3.63) is 71.4 Å². The van der Waals surface area contributed by atoms with Gasteiger partial charge >= 0.3 is 0 Å². The van der Waals surface area contributed by atoms with Gasteiger partial charge in [-0.1, -0.05) is 24.3 Å². The minimum atomic E-state index is -0.458. The third-order valence-electron chi connectivity index (χ3n) is 5.37. The largest absolute Gasteiger partial charge is 0.473 e. The highest BCUT2D eigenvalue weighted by molar-refractivity contribution is 6.00. The molecule has 1 aliphatic rings. The number of pyridine rings is 1. The molecule has 1 amide bonds. The summed E-state index contributed by atoms with van der Waals surface area (Å²) in [6.45, 7) is 4.30. The van der Waals surface area contributed by atoms with Crippen LogP contribution in [-0.4, -0.2) is 38.1 Å². The van der Waals surface area contributed by atoms with Crippen molar-refractivity contribution in [3.63, 3.8) is 0 Å². The first-order valence-electron chi connectivity index (χ1n) is 10.3. The van der Waals surface area contributed by atoms with Gasteiger partial charge in [0.25, 0.3) is 5.91 Å². The Hall–Kier alpha value is -4.01. The molecule has 0 saturated heterocycles. The quantitative estimate of drug-likeness (QED) is 0.479. The van der Waals surface area contributed by atoms with Crippen LogP contribution in [0.15, 0.2) is 48.9 Å². The standard InChI is InChI=1S/C23H21FN6O2/c1-13-5-3-4-6-17(13)19-12-30-21-18(11-28-30)22(31)26-8-14(2)32-23-15(7-16(24)10-27-23)9-25-20(19)29-21/h3-7,10-12,14H,8-9H2,1-2H3,(H,25,29)(H,26,31). The zero-order valence-corrected chi connectivity index (χ0v) is 17.6. The van der Waals surface area contributed by atoms with Crippen molar-refractivity contribution >= 4 is 17.4 Å². The van der Waals surface area contributed by atoms with Crippen LogP contribution in [0.25, 0.3) is 16.8 Å². The average Bonchev–Trinajstić information content (AvgIpc) is 3.20. The molecule has 5 rings (SSSR count). The van der Waals surface area contributed by atoms with Gasteiger partial charge in [-0.3, -0.25) is 4.79 Å². The van der Waals surface area contributed by atoms with Gasteiger partial charge < -0.3 is 15.4 Å². The summed E-state index contributed by atoms with van der Waals surface area (Å²) < 4.78 is 21.4. The van der Waals surface area contributed by atoms with Crippen LogP contribution >= 0.6 is 0 Å². The molecule has 0 aliphatic carbocycles. The van der Waals surface area contributed by atoms with Crippen LogP contribution < -0.4 is 15.4 Å². The molecular formula is C23H21FN6O2. The number of amides is 1. The van der Waals surface area contributed by atoms with Gasteiger partial charge in [-0.2, -0.15) is 5.10 Å². The SMILES string of the molecule is Cc1ccccc1-c1cn2ncc3c2nc1NCc1cc(F)cnc1OC(C)CNC3=O. The Balaban J connectivity index is 1.68. The van der Waals surface area contributed by atoms with Crippen molar-refractivity contribution in [2.24, 2.45) is 0 Å². The minimum absolute atomic E-state index is 0.236. The van der Waals surface area contributed by atoms with Gasteiger partial charge in [0.05, 0.1) is 18.9 Å². The van der Waals surface area contributed by atoms with Crippen molar-refractivity contribution in [1.29, 1.82) is 0 Å². The third kappa shape index (κ3) is 3.62. The smallest absolute Gasteiger partial charge is 0.256 e. The van der Waals surface area contributed by atoms with Crippen LogP contribution in [0.2, 0.25) is 0 Å². The monoisotopic (exact) mass is 432 g/mol. The molecule has 9 heteroatoms. The minimum Gasteiger partial charge on any atom is -0.473 e. The molecule has 0 fully saturated rings. The summed E-state index contributed by atoms with van der Waals surface area (Å²) in [6, 6.07) is 9.31. The molecule has 3 aromatic heterocycles. The number of anilines is 1. The van der Waals surface area contributed by atoms with Gasteiger partial charge in [-0.25, -0.2) is 18.9 Å². The number of aryl methyl sites for hydroxylation is 1. The number of nitrogens with zero attached hydrogens (tertiary/aromatic N) is 4. The van der Waals surface area contributed by atoms with E-state index in [1.165, 1.54) is 12.3 Å². The van der Waals surface area contributed by atoms with Gasteiger partial charge in [0.15, 0.2) is 5.65 Å². The Morgan fingerprint density at radius 2 is 2.00 bits per heavy atom. The second-order valence-corrected chi connectivity index (χ2v) is 7.75. The highest BCUT2D eigenvalue weighted by Crippen LogP contribution is 2.31. The fourth-order valence-corrected chi connectivity index (χ4v) is 3.72. The number of hydrogen-bond acceptors (Lipinski definition) is 6. The van der Waals surface area contributed by atoms with E-state index in [4.69, 9.17) is 9.72 Å². The van der Waals surface area contributed by atoms with Crippen LogP contribution in [0, 0.1) is 12.7 Å². The molecule has 8 nitrogen and oxygen atoms in total. The topological polar surface area (TPSA) is 93.4 Å². The number of rotatable bonds is 1. The molecule has 1 aromatic carbocycles. The maximum atomic E-state index is 14.0. The lowest BCUT2D eigenvalue weighted by atomic mass is 10.0. The van der Waals surface area contributed by atoms with Crippen molar-refractivity contribution in [2.45, 2.75) is 26.5 Å². The number of carbonyl (C=O) groups excluding carboxylic acids is 1. The summed E-state index contributed by atoms with van der Waals surface area (Å²) in [5.74, 6) is 0.0920. The van der Waals surface area contributed by atoms with E-state index < -0.39 is 5.82 Å². The maximum Gasteiger partial charge on any atom is 0.256 e. The van der Waals surface area contributed by atoms with Crippen molar-refractivity contribution in [2.75, 3.05) is 11.9 Å². The number of aromatic nitrogens is 4. The lowest BCUT2D eigenvalue weighted by molar-refractivity contribution is 0.0932. The van der Waals surface area contributed by atoms with E-state index >= 15 is 0 Å². The van der Waals surface area contributed by atoms with Gasteiger partial charge in [-0.05, 0) is 31.0 Å². The summed E-state index contributed by atoms with van der Waals surface area (Å²) >= 11 is 0. The first-order valence-corrected chi connectivity index (χ1v) is 10.3. The van der Waals surface area contributed by atoms with E-state index in [0.29, 0.717) is 28.5 Å². The molecule has 1 atom stereocenters. The van der Waals surface area contributed by atoms with Gasteiger partial charge in [0.2, 0.25) is 5.88 Å². The Morgan fingerprint density at radius 1 is 1.16 bits per heavy atom. The number of halogens is 1. The summed E-state index contributed by atoms with van der Waals surface area (Å²) in [5.41, 5.74) is 4.17. The predicted molar refractivity (Wildman–Crippen MR) is 117 cm³/mol. The lowest BCUT2D eigenvalue weighted by Crippen LogP contribution is -2.33. The van der Waals surface area contributed by atoms with Crippen LogP contribution in [0.4, 0.5) is 10.2 Å². The van der Waals surface area contributed by atoms with Gasteiger partial charge in [0, 0.05) is 23.9 Å². The molecule has 32 heavy (non-hydrogen) atoms. The van der Waals surface area contributed by atoms with Gasteiger partial charge in [-0.15, -0.1) is 0 Å². The van der Waals surface area contributed by atoms with Crippen LogP contribution in [0.5, 0.6) is 5.88 Å². The van der Waals surface area contributed by atoms with E-state index in [0.717, 1.165) is 22.9 Å². The maximum absolute atomic E-state index is 14.0. The predicted octanol–water partition coefficient (Wildman–Crippen LogP) is 3.36. The van der Waals surface area contributed by atoms with E-state index in [1.54, 1.807) is 4.52 Å². The number of hydrogen-bond donors (Lipinski definition) is 2. The Bertz CT molecular complexity index is 1340. The molecule has 162 valence electrons. The lowest BCUT2D eigenvalue weighted by Gasteiger charge is -2.17. The molecule has 4 heterocycles. The first kappa shape index (κ1) is 19.9. The number of benzene rings is 1. The van der Waals surface area contributed by atoms with E-state index in [1.807, 2.05) is 44.3 Å². The summed E-state index contributed by atoms with van der Waals surface area (Å²) in [5, 5.41) is 10.5. The molecule has 1 unspecified atom stereocenters. The normalized spacial score (nSPS) is 16.2. The molecular weight excluding hydrogens is 411 g/mol. The Morgan fingerprint density at radius 3 is 2.84 bits per heavy atom. The molecule has 0 spiro atoms. The van der Waals surface area contributed by atoms with E-state index in [9.17, 15) is 9.18 Å². The molecule has 2 N–H and O–H groups in total. The molecule has 2 bridgehead atoms. The van der Waals surface area contributed by atoms with E-state index in [2.05, 4.69) is 20.7 Å². The second kappa shape index (κ2) is 7.92. The molecule has 4 aromatic rings. The zero-order chi connectivity index (χ0) is 22.2. The van der Waals surface area contributed by atoms with E-state index in [-0.39, 0.29) is 25.1 Å². The molecule has 1 aliphatic heterocycles. The van der Waals surface area contributed by atoms with Crippen LogP contribution in [-0.2, 0) is 6.54 Å². The van der Waals surface area contributed by atoms with Crippen LogP contribution in [0.1, 0.15) is 28.4 Å². The summed E-state index contributed by atoms with van der Waals surface area (Å²) in [7, 11) is 0. The zero-order valence-electron chi connectivity index (χ0n) is 17.6. The van der Waals surface area contributed by atoms with Crippen LogP contribution in [0.3, 0.4) is 0 Å². The number of nitrogens with one attached hydrogen (secondary N) is 2. The highest BCUT2D eigenvalue weighted by Gasteiger charge is 2.21.